The van der Waals surface area contributed by atoms with Gasteiger partial charge in [-0.25, -0.2) is 4.98 Å². The van der Waals surface area contributed by atoms with Crippen molar-refractivity contribution in [1.82, 2.24) is 15.0 Å². The molecule has 5 heteroatoms. The molecule has 0 radical (unpaired) electrons. The summed E-state index contributed by atoms with van der Waals surface area (Å²) in [5.74, 6) is 2.27. The Balaban J connectivity index is 1.74. The Morgan fingerprint density at radius 1 is 1.00 bits per heavy atom. The van der Waals surface area contributed by atoms with Crippen LogP contribution in [-0.2, 0) is 0 Å². The molecule has 0 atom stereocenters. The van der Waals surface area contributed by atoms with Crippen molar-refractivity contribution in [2.75, 3.05) is 0 Å². The van der Waals surface area contributed by atoms with Gasteiger partial charge in [0.15, 0.2) is 6.29 Å². The maximum absolute atomic E-state index is 11.1. The van der Waals surface area contributed by atoms with Crippen molar-refractivity contribution >= 4 is 17.3 Å². The van der Waals surface area contributed by atoms with Gasteiger partial charge < -0.3 is 14.7 Å². The molecule has 124 valence electrons. The van der Waals surface area contributed by atoms with Crippen molar-refractivity contribution in [3.05, 3.63) is 65.5 Å². The molecule has 2 N–H and O–H groups in total. The third kappa shape index (κ3) is 2.70. The summed E-state index contributed by atoms with van der Waals surface area (Å²) < 4.78 is 5.87. The number of rotatable bonds is 4. The van der Waals surface area contributed by atoms with E-state index in [4.69, 9.17) is 4.74 Å². The highest BCUT2D eigenvalue weighted by Crippen LogP contribution is 2.30. The normalized spacial score (nSPS) is 11.0. The molecule has 0 aliphatic heterocycles. The third-order valence-electron chi connectivity index (χ3n) is 4.26. The summed E-state index contributed by atoms with van der Waals surface area (Å²) in [6, 6.07) is 15.4. The number of benzene rings is 2. The molecule has 2 aromatic heterocycles. The van der Waals surface area contributed by atoms with E-state index in [1.165, 1.54) is 0 Å². The predicted octanol–water partition coefficient (Wildman–Crippen LogP) is 4.78. The van der Waals surface area contributed by atoms with Crippen LogP contribution in [0.5, 0.6) is 11.5 Å². The van der Waals surface area contributed by atoms with Crippen LogP contribution in [0.25, 0.3) is 22.4 Å². The molecule has 25 heavy (non-hydrogen) atoms. The van der Waals surface area contributed by atoms with Crippen molar-refractivity contribution in [2.45, 2.75) is 13.8 Å². The first-order valence-electron chi connectivity index (χ1n) is 8.03. The quantitative estimate of drug-likeness (QED) is 0.529. The lowest BCUT2D eigenvalue weighted by molar-refractivity contribution is 0.111. The molecule has 4 aromatic rings. The monoisotopic (exact) mass is 331 g/mol. The van der Waals surface area contributed by atoms with Crippen LogP contribution in [0, 0.1) is 13.8 Å². The maximum atomic E-state index is 11.1. The van der Waals surface area contributed by atoms with E-state index in [9.17, 15) is 4.79 Å². The van der Waals surface area contributed by atoms with Crippen molar-refractivity contribution < 1.29 is 9.53 Å². The molecule has 0 unspecified atom stereocenters. The zero-order chi connectivity index (χ0) is 17.4. The Morgan fingerprint density at radius 2 is 1.80 bits per heavy atom. The molecule has 5 nitrogen and oxygen atoms in total. The zero-order valence-corrected chi connectivity index (χ0v) is 14.0. The molecule has 0 aliphatic rings. The van der Waals surface area contributed by atoms with Crippen LogP contribution in [0.1, 0.15) is 21.7 Å². The van der Waals surface area contributed by atoms with Crippen molar-refractivity contribution in [1.29, 1.82) is 0 Å². The smallest absolute Gasteiger partial charge is 0.166 e. The summed E-state index contributed by atoms with van der Waals surface area (Å²) in [4.78, 5) is 22.2. The first-order valence-corrected chi connectivity index (χ1v) is 8.03. The number of carbonyl (C=O) groups excluding carboxylic acids is 1. The van der Waals surface area contributed by atoms with Gasteiger partial charge in [-0.1, -0.05) is 18.2 Å². The van der Waals surface area contributed by atoms with Crippen LogP contribution in [0.3, 0.4) is 0 Å². The summed E-state index contributed by atoms with van der Waals surface area (Å²) in [6.07, 6.45) is 0.834. The summed E-state index contributed by atoms with van der Waals surface area (Å²) in [6.45, 7) is 3.85. The van der Waals surface area contributed by atoms with Gasteiger partial charge in [0.25, 0.3) is 0 Å². The number of fused-ring (bicyclic) bond motifs is 1. The van der Waals surface area contributed by atoms with Crippen LogP contribution in [0.15, 0.2) is 48.5 Å². The zero-order valence-electron chi connectivity index (χ0n) is 14.0. The highest BCUT2D eigenvalue weighted by atomic mass is 16.5. The second kappa shape index (κ2) is 5.94. The number of hydrogen-bond acceptors (Lipinski definition) is 3. The largest absolute Gasteiger partial charge is 0.457 e. The molecule has 2 heterocycles. The number of hydrogen-bond donors (Lipinski definition) is 2. The Hall–Kier alpha value is -3.34. The van der Waals surface area contributed by atoms with Crippen molar-refractivity contribution in [3.63, 3.8) is 0 Å². The van der Waals surface area contributed by atoms with Crippen LogP contribution in [-0.4, -0.2) is 21.2 Å². The lowest BCUT2D eigenvalue weighted by Gasteiger charge is -2.04. The number of imidazole rings is 1. The Kier molecular flexibility index (Phi) is 3.61. The van der Waals surface area contributed by atoms with Gasteiger partial charge in [0, 0.05) is 17.3 Å². The number of nitrogens with zero attached hydrogens (tertiary/aromatic N) is 1. The van der Waals surface area contributed by atoms with E-state index in [1.807, 2.05) is 62.4 Å². The van der Waals surface area contributed by atoms with Gasteiger partial charge in [0.05, 0.1) is 16.7 Å². The minimum atomic E-state index is 0.584. The highest BCUT2D eigenvalue weighted by Gasteiger charge is 2.16. The van der Waals surface area contributed by atoms with Gasteiger partial charge in [-0.15, -0.1) is 0 Å². The fourth-order valence-corrected chi connectivity index (χ4v) is 3.04. The number of carbonyl (C=O) groups is 1. The lowest BCUT2D eigenvalue weighted by Crippen LogP contribution is -1.85. The Bertz CT molecular complexity index is 1060. The number of nitrogens with one attached hydrogen (secondary N) is 2. The van der Waals surface area contributed by atoms with Crippen molar-refractivity contribution in [3.8, 4) is 22.9 Å². The van der Waals surface area contributed by atoms with E-state index < -0.39 is 0 Å². The molecular formula is C20H17N3O2. The maximum Gasteiger partial charge on any atom is 0.166 e. The van der Waals surface area contributed by atoms with Crippen molar-refractivity contribution in [2.24, 2.45) is 0 Å². The molecule has 0 fully saturated rings. The van der Waals surface area contributed by atoms with Gasteiger partial charge in [-0.3, -0.25) is 4.79 Å². The average Bonchev–Trinajstić information content (AvgIpc) is 3.15. The minimum absolute atomic E-state index is 0.584. The van der Waals surface area contributed by atoms with E-state index in [1.54, 1.807) is 0 Å². The van der Waals surface area contributed by atoms with E-state index in [2.05, 4.69) is 15.0 Å². The van der Waals surface area contributed by atoms with Gasteiger partial charge in [-0.05, 0) is 43.7 Å². The fourth-order valence-electron chi connectivity index (χ4n) is 3.04. The predicted molar refractivity (Wildman–Crippen MR) is 97.3 cm³/mol. The second-order valence-corrected chi connectivity index (χ2v) is 5.96. The molecule has 0 bridgehead atoms. The molecule has 0 saturated heterocycles. The van der Waals surface area contributed by atoms with E-state index in [0.717, 1.165) is 51.5 Å². The summed E-state index contributed by atoms with van der Waals surface area (Å²) in [5, 5.41) is 0. The lowest BCUT2D eigenvalue weighted by atomic mass is 10.1. The van der Waals surface area contributed by atoms with E-state index in [-0.39, 0.29) is 0 Å². The number of ether oxygens (including phenoxy) is 1. The average molecular weight is 331 g/mol. The van der Waals surface area contributed by atoms with E-state index in [0.29, 0.717) is 5.69 Å². The Labute approximate surface area is 144 Å². The molecule has 4 rings (SSSR count). The van der Waals surface area contributed by atoms with Gasteiger partial charge in [-0.2, -0.15) is 0 Å². The SMILES string of the molecule is Cc1[nH]c(C=O)c(C)c1-c1nc2ccc(Oc3ccccc3)cc2[nH]1. The number of aromatic nitrogens is 3. The highest BCUT2D eigenvalue weighted by molar-refractivity contribution is 5.85. The van der Waals surface area contributed by atoms with Gasteiger partial charge in [0.1, 0.15) is 17.3 Å². The summed E-state index contributed by atoms with van der Waals surface area (Å²) in [5.41, 5.74) is 5.07. The summed E-state index contributed by atoms with van der Waals surface area (Å²) in [7, 11) is 0. The number of aldehydes is 1. The number of H-pyrrole nitrogens is 2. The number of aromatic amines is 2. The molecule has 2 aromatic carbocycles. The first kappa shape index (κ1) is 15.2. The second-order valence-electron chi connectivity index (χ2n) is 5.96. The van der Waals surface area contributed by atoms with Crippen LogP contribution < -0.4 is 4.74 Å². The Morgan fingerprint density at radius 3 is 2.52 bits per heavy atom. The minimum Gasteiger partial charge on any atom is -0.457 e. The first-order chi connectivity index (χ1) is 12.2. The van der Waals surface area contributed by atoms with Gasteiger partial charge in [0.2, 0.25) is 0 Å². The molecule has 0 aliphatic carbocycles. The topological polar surface area (TPSA) is 70.8 Å². The molecule has 0 amide bonds. The van der Waals surface area contributed by atoms with E-state index >= 15 is 0 Å². The fraction of sp³-hybridized carbons (Fsp3) is 0.100. The van der Waals surface area contributed by atoms with Crippen LogP contribution in [0.2, 0.25) is 0 Å². The molecule has 0 saturated carbocycles. The van der Waals surface area contributed by atoms with Gasteiger partial charge >= 0.3 is 0 Å². The van der Waals surface area contributed by atoms with Crippen LogP contribution >= 0.6 is 0 Å². The third-order valence-corrected chi connectivity index (χ3v) is 4.26. The summed E-state index contributed by atoms with van der Waals surface area (Å²) >= 11 is 0. The van der Waals surface area contributed by atoms with Crippen LogP contribution in [0.4, 0.5) is 0 Å². The standard InChI is InChI=1S/C20H17N3O2/c1-12-18(11-24)21-13(2)19(12)20-22-16-9-8-15(10-17(16)23-20)25-14-6-4-3-5-7-14/h3-11,21H,1-2H3,(H,22,23). The number of aryl methyl sites for hydroxylation is 1. The molecule has 0 spiro atoms. The number of para-hydroxylation sites is 1. The molecular weight excluding hydrogens is 314 g/mol.